The lowest BCUT2D eigenvalue weighted by Gasteiger charge is -2.12. The van der Waals surface area contributed by atoms with E-state index in [2.05, 4.69) is 15.0 Å². The molecule has 0 aliphatic rings. The van der Waals surface area contributed by atoms with Gasteiger partial charge in [-0.25, -0.2) is 24.5 Å². The molecule has 4 rings (SSSR count). The van der Waals surface area contributed by atoms with Gasteiger partial charge >= 0.3 is 11.9 Å². The molecule has 1 aromatic heterocycles. The van der Waals surface area contributed by atoms with E-state index < -0.39 is 11.9 Å². The highest BCUT2D eigenvalue weighted by atomic mass is 16.5. The van der Waals surface area contributed by atoms with Crippen molar-refractivity contribution in [1.29, 1.82) is 0 Å². The second-order valence-corrected chi connectivity index (χ2v) is 7.44. The third-order valence-electron chi connectivity index (χ3n) is 5.15. The van der Waals surface area contributed by atoms with Crippen LogP contribution in [0.5, 0.6) is 5.75 Å². The number of benzene rings is 3. The zero-order valence-electron chi connectivity index (χ0n) is 18.8. The van der Waals surface area contributed by atoms with Gasteiger partial charge in [0.05, 0.1) is 30.9 Å². The van der Waals surface area contributed by atoms with Crippen molar-refractivity contribution in [3.05, 3.63) is 83.4 Å². The van der Waals surface area contributed by atoms with Gasteiger partial charge in [-0.2, -0.15) is 0 Å². The molecule has 0 aliphatic carbocycles. The molecule has 0 aliphatic heterocycles. The zero-order chi connectivity index (χ0) is 24.2. The molecule has 34 heavy (non-hydrogen) atoms. The highest BCUT2D eigenvalue weighted by Gasteiger charge is 2.21. The second-order valence-electron chi connectivity index (χ2n) is 7.44. The Morgan fingerprint density at radius 1 is 0.735 bits per heavy atom. The quantitative estimate of drug-likeness (QED) is 0.439. The largest absolute Gasteiger partial charge is 0.507 e. The molecule has 4 aromatic rings. The molecule has 0 amide bonds. The first-order chi connectivity index (χ1) is 16.4. The van der Waals surface area contributed by atoms with Gasteiger partial charge in [0.15, 0.2) is 17.5 Å². The summed E-state index contributed by atoms with van der Waals surface area (Å²) >= 11 is 0. The molecule has 0 bridgehead atoms. The van der Waals surface area contributed by atoms with E-state index in [1.807, 2.05) is 43.3 Å². The van der Waals surface area contributed by atoms with E-state index in [-0.39, 0.29) is 28.5 Å². The van der Waals surface area contributed by atoms with Gasteiger partial charge in [-0.15, -0.1) is 0 Å². The molecule has 0 spiro atoms. The molecule has 8 nitrogen and oxygen atoms in total. The number of rotatable bonds is 5. The normalized spacial score (nSPS) is 10.6. The summed E-state index contributed by atoms with van der Waals surface area (Å²) in [5, 5.41) is 10.5. The van der Waals surface area contributed by atoms with Gasteiger partial charge in [0.25, 0.3) is 0 Å². The molecule has 0 radical (unpaired) electrons. The molecular weight excluding hydrogens is 434 g/mol. The minimum atomic E-state index is -0.665. The molecule has 1 heterocycles. The Labute approximate surface area is 195 Å². The molecule has 0 atom stereocenters. The van der Waals surface area contributed by atoms with Crippen LogP contribution >= 0.6 is 0 Å². The van der Waals surface area contributed by atoms with Crippen molar-refractivity contribution in [2.24, 2.45) is 0 Å². The molecule has 8 heteroatoms. The molecule has 0 saturated carbocycles. The summed E-state index contributed by atoms with van der Waals surface area (Å²) in [6.07, 6.45) is 0. The van der Waals surface area contributed by atoms with Crippen LogP contribution < -0.4 is 0 Å². The summed E-state index contributed by atoms with van der Waals surface area (Å²) in [6.45, 7) is 1.86. The minimum absolute atomic E-state index is 0.0189. The van der Waals surface area contributed by atoms with Crippen LogP contribution in [0.25, 0.3) is 34.2 Å². The number of hydrogen-bond acceptors (Lipinski definition) is 8. The summed E-state index contributed by atoms with van der Waals surface area (Å²) in [6, 6.07) is 18.9. The maximum Gasteiger partial charge on any atom is 0.338 e. The fourth-order valence-electron chi connectivity index (χ4n) is 3.43. The van der Waals surface area contributed by atoms with Gasteiger partial charge in [0.2, 0.25) is 0 Å². The fraction of sp³-hybridized carbons (Fsp3) is 0.115. The van der Waals surface area contributed by atoms with Crippen molar-refractivity contribution in [1.82, 2.24) is 15.0 Å². The molecule has 0 unspecified atom stereocenters. The number of carbonyl (C=O) groups is 2. The van der Waals surface area contributed by atoms with Crippen LogP contribution in [-0.2, 0) is 9.47 Å². The Hall–Kier alpha value is -4.59. The second kappa shape index (κ2) is 9.50. The lowest BCUT2D eigenvalue weighted by atomic mass is 10.0. The summed E-state index contributed by atoms with van der Waals surface area (Å²) in [5.41, 5.74) is 2.63. The van der Waals surface area contributed by atoms with Crippen molar-refractivity contribution in [3.63, 3.8) is 0 Å². The maximum absolute atomic E-state index is 12.6. The SMILES string of the molecule is COC(=O)c1ccc(-c2nc(-c3ccccc3)nc(-c3ccc(C)cc3O)n2)c(C(=O)OC)c1. The Balaban J connectivity index is 1.98. The topological polar surface area (TPSA) is 112 Å². The molecule has 170 valence electrons. The summed E-state index contributed by atoms with van der Waals surface area (Å²) in [5.74, 6) is -0.474. The lowest BCUT2D eigenvalue weighted by molar-refractivity contribution is 0.0599. The number of ether oxygens (including phenoxy) is 2. The Bertz CT molecular complexity index is 1390. The number of esters is 2. The van der Waals surface area contributed by atoms with E-state index in [1.165, 1.54) is 26.4 Å². The maximum atomic E-state index is 12.6. The smallest absolute Gasteiger partial charge is 0.338 e. The van der Waals surface area contributed by atoms with E-state index in [9.17, 15) is 14.7 Å². The van der Waals surface area contributed by atoms with Crippen LogP contribution in [0.4, 0.5) is 0 Å². The van der Waals surface area contributed by atoms with Gasteiger partial charge in [-0.05, 0) is 42.8 Å². The lowest BCUT2D eigenvalue weighted by Crippen LogP contribution is -2.10. The van der Waals surface area contributed by atoms with E-state index >= 15 is 0 Å². The average molecular weight is 455 g/mol. The number of phenolic OH excluding ortho intramolecular Hbond substituents is 1. The predicted octanol–water partition coefficient (Wildman–Crippen LogP) is 4.46. The van der Waals surface area contributed by atoms with E-state index in [1.54, 1.807) is 18.2 Å². The Morgan fingerprint density at radius 3 is 2.00 bits per heavy atom. The van der Waals surface area contributed by atoms with Crippen LogP contribution in [-0.4, -0.2) is 46.2 Å². The van der Waals surface area contributed by atoms with Gasteiger partial charge in [-0.3, -0.25) is 0 Å². The summed E-state index contributed by atoms with van der Waals surface area (Å²) in [4.78, 5) is 38.3. The number of phenols is 1. The Morgan fingerprint density at radius 2 is 1.35 bits per heavy atom. The summed E-state index contributed by atoms with van der Waals surface area (Å²) in [7, 11) is 2.50. The van der Waals surface area contributed by atoms with Crippen molar-refractivity contribution in [2.45, 2.75) is 6.92 Å². The van der Waals surface area contributed by atoms with Crippen molar-refractivity contribution >= 4 is 11.9 Å². The van der Waals surface area contributed by atoms with Crippen LogP contribution in [0.2, 0.25) is 0 Å². The minimum Gasteiger partial charge on any atom is -0.507 e. The van der Waals surface area contributed by atoms with Crippen molar-refractivity contribution in [3.8, 4) is 39.9 Å². The first-order valence-electron chi connectivity index (χ1n) is 10.3. The highest BCUT2D eigenvalue weighted by Crippen LogP contribution is 2.31. The van der Waals surface area contributed by atoms with E-state index in [0.717, 1.165) is 11.1 Å². The first kappa shape index (κ1) is 22.6. The first-order valence-corrected chi connectivity index (χ1v) is 10.3. The zero-order valence-corrected chi connectivity index (χ0v) is 18.8. The van der Waals surface area contributed by atoms with E-state index in [4.69, 9.17) is 9.47 Å². The number of aromatic nitrogens is 3. The van der Waals surface area contributed by atoms with Crippen LogP contribution in [0.3, 0.4) is 0 Å². The molecule has 3 aromatic carbocycles. The van der Waals surface area contributed by atoms with Gasteiger partial charge in [-0.1, -0.05) is 36.4 Å². The highest BCUT2D eigenvalue weighted by molar-refractivity contribution is 6.00. The van der Waals surface area contributed by atoms with E-state index in [0.29, 0.717) is 17.0 Å². The molecule has 0 fully saturated rings. The number of hydrogen-bond donors (Lipinski definition) is 1. The molecule has 0 saturated heterocycles. The van der Waals surface area contributed by atoms with Gasteiger partial charge in [0.1, 0.15) is 5.75 Å². The monoisotopic (exact) mass is 455 g/mol. The van der Waals surface area contributed by atoms with Gasteiger partial charge in [0, 0.05) is 11.1 Å². The third kappa shape index (κ3) is 4.47. The number of aromatic hydroxyl groups is 1. The Kier molecular flexibility index (Phi) is 6.31. The van der Waals surface area contributed by atoms with Crippen LogP contribution in [0.1, 0.15) is 26.3 Å². The number of aryl methyl sites for hydroxylation is 1. The molecular formula is C26H21N3O5. The van der Waals surface area contributed by atoms with Crippen LogP contribution in [0, 0.1) is 6.92 Å². The van der Waals surface area contributed by atoms with Gasteiger partial charge < -0.3 is 14.6 Å². The van der Waals surface area contributed by atoms with Crippen molar-refractivity contribution < 1.29 is 24.2 Å². The third-order valence-corrected chi connectivity index (χ3v) is 5.15. The number of nitrogens with zero attached hydrogens (tertiary/aromatic N) is 3. The molecule has 1 N–H and O–H groups in total. The van der Waals surface area contributed by atoms with Crippen LogP contribution in [0.15, 0.2) is 66.7 Å². The van der Waals surface area contributed by atoms with Crippen molar-refractivity contribution in [2.75, 3.05) is 14.2 Å². The predicted molar refractivity (Wildman–Crippen MR) is 125 cm³/mol. The average Bonchev–Trinajstić information content (AvgIpc) is 2.87. The standard InChI is InChI=1S/C26H21N3O5/c1-15-9-11-19(21(30)13-15)24-28-22(16-7-5-4-6-8-16)27-23(29-24)18-12-10-17(25(31)33-2)14-20(18)26(32)34-3/h4-14,30H,1-3H3. The number of methoxy groups -OCH3 is 2. The number of carbonyl (C=O) groups excluding carboxylic acids is 2. The fourth-order valence-corrected chi connectivity index (χ4v) is 3.43. The summed E-state index contributed by atoms with van der Waals surface area (Å²) < 4.78 is 9.69.